The van der Waals surface area contributed by atoms with E-state index in [1.54, 1.807) is 0 Å². The van der Waals surface area contributed by atoms with Gasteiger partial charge in [-0.05, 0) is 50.8 Å². The van der Waals surface area contributed by atoms with Crippen LogP contribution in [0.5, 0.6) is 0 Å². The normalized spacial score (nSPS) is 16.3. The van der Waals surface area contributed by atoms with Gasteiger partial charge in [0.1, 0.15) is 6.10 Å². The Morgan fingerprint density at radius 2 is 1.68 bits per heavy atom. The van der Waals surface area contributed by atoms with Crippen LogP contribution in [0.3, 0.4) is 0 Å². The second-order valence-electron chi connectivity index (χ2n) is 9.42. The van der Waals surface area contributed by atoms with Crippen LogP contribution in [0.15, 0.2) is 48.5 Å². The number of carbonyl (C=O) groups excluding carboxylic acids is 1. The Labute approximate surface area is 222 Å². The van der Waals surface area contributed by atoms with E-state index in [1.165, 1.54) is 0 Å². The zero-order valence-electron chi connectivity index (χ0n) is 22.2. The lowest BCUT2D eigenvalue weighted by Gasteiger charge is -2.35. The number of nitriles is 1. The first-order valence-corrected chi connectivity index (χ1v) is 14.0. The molecule has 37 heavy (non-hydrogen) atoms. The third-order valence-corrected chi connectivity index (χ3v) is 8.06. The molecule has 0 aromatic heterocycles. The van der Waals surface area contributed by atoms with Gasteiger partial charge in [-0.3, -0.25) is 0 Å². The predicted octanol–water partition coefficient (Wildman–Crippen LogP) is 6.86. The molecule has 1 aliphatic carbocycles. The summed E-state index contributed by atoms with van der Waals surface area (Å²) < 4.78 is 20.1. The van der Waals surface area contributed by atoms with Crippen LogP contribution in [0.25, 0.3) is 12.2 Å². The summed E-state index contributed by atoms with van der Waals surface area (Å²) in [7, 11) is -1.29. The molecule has 0 bridgehead atoms. The Kier molecular flexibility index (Phi) is 11.6. The second-order valence-corrected chi connectivity index (χ2v) is 10.9. The van der Waals surface area contributed by atoms with Crippen LogP contribution in [0.1, 0.15) is 68.9 Å². The zero-order chi connectivity index (χ0) is 26.6. The van der Waals surface area contributed by atoms with Gasteiger partial charge in [-0.25, -0.2) is 9.46 Å². The fraction of sp³-hybridized carbons (Fsp3) is 0.448. The largest absolute Gasteiger partial charge is 0.441 e. The van der Waals surface area contributed by atoms with Gasteiger partial charge in [-0.1, -0.05) is 60.7 Å². The number of amides is 1. The first-order chi connectivity index (χ1) is 17.9. The van der Waals surface area contributed by atoms with Gasteiger partial charge in [-0.15, -0.1) is 0 Å². The van der Waals surface area contributed by atoms with E-state index in [0.717, 1.165) is 22.3 Å². The quantitative estimate of drug-likeness (QED) is 0.242. The highest BCUT2D eigenvalue weighted by atomic mass is 31.2. The summed E-state index contributed by atoms with van der Waals surface area (Å²) in [4.78, 5) is 12.7. The highest BCUT2D eigenvalue weighted by Gasteiger charge is 2.27. The monoisotopic (exact) mass is 523 g/mol. The first-order valence-electron chi connectivity index (χ1n) is 12.9. The summed E-state index contributed by atoms with van der Waals surface area (Å²) in [6, 6.07) is 18.8. The van der Waals surface area contributed by atoms with Crippen molar-refractivity contribution in [1.82, 2.24) is 9.99 Å². The lowest BCUT2D eigenvalue weighted by atomic mass is 9.91. The molecule has 1 N–H and O–H groups in total. The van der Waals surface area contributed by atoms with Crippen molar-refractivity contribution in [3.05, 3.63) is 70.8 Å². The Morgan fingerprint density at radius 3 is 2.41 bits per heavy atom. The number of alkyl carbamates (subject to hydrolysis) is 1. The molecule has 2 unspecified atom stereocenters. The lowest BCUT2D eigenvalue weighted by molar-refractivity contribution is 0.0968. The highest BCUT2D eigenvalue weighted by molar-refractivity contribution is 7.44. The average molecular weight is 524 g/mol. The Morgan fingerprint density at radius 1 is 1.03 bits per heavy atom. The van der Waals surface area contributed by atoms with Crippen molar-refractivity contribution in [3.8, 4) is 6.07 Å². The number of fused-ring (bicyclic) bond motifs is 2. The number of hydrogen-bond donors (Lipinski definition) is 1. The molecule has 0 heterocycles. The van der Waals surface area contributed by atoms with E-state index in [2.05, 4.69) is 68.0 Å². The standard InChI is InChI=1S/C29H38N3O4P/c1-22(2)32(23(3)4)37(34-19-9-17-30)35-20-10-18-31-29(33)36-28-21-26-13-6-5-11-24(26)15-16-25-12-7-8-14-27(25)28/h5-8,11-16,22-23,28H,9-10,18-21H2,1-4H3,(H,31,33)/b16-15-. The average Bonchev–Trinajstić information content (AvgIpc) is 2.86. The van der Waals surface area contributed by atoms with Gasteiger partial charge in [0, 0.05) is 30.6 Å². The van der Waals surface area contributed by atoms with Gasteiger partial charge < -0.3 is 19.1 Å². The lowest BCUT2D eigenvalue weighted by Crippen LogP contribution is -2.34. The Hall–Kier alpha value is -2.75. The van der Waals surface area contributed by atoms with E-state index in [-0.39, 0.29) is 18.2 Å². The van der Waals surface area contributed by atoms with Crippen LogP contribution in [0.2, 0.25) is 0 Å². The molecule has 0 saturated carbocycles. The van der Waals surface area contributed by atoms with Crippen LogP contribution in [-0.2, 0) is 20.2 Å². The van der Waals surface area contributed by atoms with Gasteiger partial charge in [0.25, 0.3) is 8.53 Å². The molecule has 7 nitrogen and oxygen atoms in total. The molecule has 0 spiro atoms. The fourth-order valence-corrected chi connectivity index (χ4v) is 5.95. The van der Waals surface area contributed by atoms with Crippen molar-refractivity contribution in [2.75, 3.05) is 19.8 Å². The number of nitrogens with one attached hydrogen (secondary N) is 1. The molecule has 3 rings (SSSR count). The predicted molar refractivity (Wildman–Crippen MR) is 149 cm³/mol. The van der Waals surface area contributed by atoms with Gasteiger partial charge in [0.2, 0.25) is 0 Å². The van der Waals surface area contributed by atoms with Crippen LogP contribution < -0.4 is 5.32 Å². The van der Waals surface area contributed by atoms with Crippen molar-refractivity contribution in [1.29, 1.82) is 5.26 Å². The summed E-state index contributed by atoms with van der Waals surface area (Å²) in [6.45, 7) is 9.60. The van der Waals surface area contributed by atoms with Crippen molar-refractivity contribution >= 4 is 26.8 Å². The van der Waals surface area contributed by atoms with Crippen LogP contribution in [0, 0.1) is 11.3 Å². The maximum absolute atomic E-state index is 12.7. The number of hydrogen-bond acceptors (Lipinski definition) is 6. The van der Waals surface area contributed by atoms with Crippen LogP contribution in [-0.4, -0.2) is 42.6 Å². The maximum Gasteiger partial charge on any atom is 0.407 e. The SMILES string of the molecule is CC(C)N(C(C)C)P(OCCC#N)OCCCNC(=O)OC1Cc2ccccc2/C=C\c2ccccc21. The van der Waals surface area contributed by atoms with Crippen LogP contribution >= 0.6 is 8.53 Å². The minimum atomic E-state index is -1.29. The third-order valence-electron chi connectivity index (χ3n) is 5.95. The van der Waals surface area contributed by atoms with E-state index in [1.807, 2.05) is 36.4 Å². The summed E-state index contributed by atoms with van der Waals surface area (Å²) in [6.07, 6.45) is 4.91. The van der Waals surface area contributed by atoms with Crippen molar-refractivity contribution in [3.63, 3.8) is 0 Å². The Bertz CT molecular complexity index is 1070. The first kappa shape index (κ1) is 28.8. The molecule has 2 aromatic carbocycles. The molecular weight excluding hydrogens is 485 g/mol. The van der Waals surface area contributed by atoms with E-state index < -0.39 is 14.6 Å². The van der Waals surface area contributed by atoms with E-state index >= 15 is 0 Å². The second kappa shape index (κ2) is 14.9. The summed E-state index contributed by atoms with van der Waals surface area (Å²) in [5.41, 5.74) is 4.32. The van der Waals surface area contributed by atoms with Gasteiger partial charge in [0.15, 0.2) is 0 Å². The number of carbonyl (C=O) groups is 1. The van der Waals surface area contributed by atoms with Crippen molar-refractivity contribution in [2.24, 2.45) is 0 Å². The summed E-state index contributed by atoms with van der Waals surface area (Å²) in [5.74, 6) is 0. The molecule has 2 aromatic rings. The molecule has 0 saturated heterocycles. The minimum Gasteiger partial charge on any atom is -0.441 e. The number of nitrogens with zero attached hydrogens (tertiary/aromatic N) is 2. The van der Waals surface area contributed by atoms with E-state index in [4.69, 9.17) is 19.0 Å². The summed E-state index contributed by atoms with van der Waals surface area (Å²) in [5, 5.41) is 11.7. The van der Waals surface area contributed by atoms with Crippen molar-refractivity contribution < 1.29 is 18.6 Å². The molecule has 1 aliphatic rings. The highest BCUT2D eigenvalue weighted by Crippen LogP contribution is 2.46. The topological polar surface area (TPSA) is 83.8 Å². The fourth-order valence-electron chi connectivity index (χ4n) is 4.32. The molecule has 0 radical (unpaired) electrons. The molecule has 8 heteroatoms. The van der Waals surface area contributed by atoms with E-state index in [0.29, 0.717) is 39.0 Å². The summed E-state index contributed by atoms with van der Waals surface area (Å²) >= 11 is 0. The molecule has 2 atom stereocenters. The molecule has 1 amide bonds. The zero-order valence-corrected chi connectivity index (χ0v) is 23.1. The number of benzene rings is 2. The van der Waals surface area contributed by atoms with Gasteiger partial charge in [0.05, 0.1) is 25.7 Å². The van der Waals surface area contributed by atoms with E-state index in [9.17, 15) is 4.79 Å². The molecule has 198 valence electrons. The smallest absolute Gasteiger partial charge is 0.407 e. The minimum absolute atomic E-state index is 0.243. The Balaban J connectivity index is 1.54. The molecule has 0 fully saturated rings. The van der Waals surface area contributed by atoms with Crippen molar-refractivity contribution in [2.45, 2.75) is 65.1 Å². The number of ether oxygens (including phenoxy) is 1. The number of rotatable bonds is 12. The molecule has 0 aliphatic heterocycles. The van der Waals surface area contributed by atoms with Gasteiger partial charge >= 0.3 is 6.09 Å². The van der Waals surface area contributed by atoms with Gasteiger partial charge in [-0.2, -0.15) is 5.26 Å². The van der Waals surface area contributed by atoms with Crippen LogP contribution in [0.4, 0.5) is 4.79 Å². The maximum atomic E-state index is 12.7. The third kappa shape index (κ3) is 8.66. The molecular formula is C29H38N3O4P.